The summed E-state index contributed by atoms with van der Waals surface area (Å²) in [6.45, 7) is 6.94. The van der Waals surface area contributed by atoms with E-state index in [9.17, 15) is 26.4 Å². The number of piperidine rings is 1. The van der Waals surface area contributed by atoms with Crippen LogP contribution in [-0.4, -0.2) is 72.1 Å². The number of ether oxygens (including phenoxy) is 1. The summed E-state index contributed by atoms with van der Waals surface area (Å²) in [6.07, 6.45) is -1.01. The second-order valence-electron chi connectivity index (χ2n) is 11.6. The molecule has 10 nitrogen and oxygen atoms in total. The number of aromatic nitrogens is 4. The van der Waals surface area contributed by atoms with Gasteiger partial charge in [0.2, 0.25) is 10.0 Å². The molecule has 1 aliphatic rings. The predicted molar refractivity (Wildman–Crippen MR) is 163 cm³/mol. The van der Waals surface area contributed by atoms with E-state index in [1.54, 1.807) is 22.9 Å². The van der Waals surface area contributed by atoms with Crippen LogP contribution >= 0.6 is 11.6 Å². The normalized spacial score (nSPS) is 15.3. The van der Waals surface area contributed by atoms with Crippen molar-refractivity contribution in [3.05, 3.63) is 64.9 Å². The fraction of sp³-hybridized carbons (Fsp3) is 0.433. The molecule has 2 aromatic carbocycles. The highest BCUT2D eigenvalue weighted by Crippen LogP contribution is 2.34. The van der Waals surface area contributed by atoms with Crippen molar-refractivity contribution < 1.29 is 31.1 Å². The molecule has 0 bridgehead atoms. The number of hydrogen-bond acceptors (Lipinski definition) is 7. The molecule has 242 valence electrons. The van der Waals surface area contributed by atoms with Gasteiger partial charge in [0, 0.05) is 41.1 Å². The largest absolute Gasteiger partial charge is 0.461 e. The standard InChI is InChI=1S/C30H34ClF3N6O4S/c1-19(2)18-44-29(41)28-27(24-15-22(31)5-8-25(24)36-28)26-17-40(38-37-26)16-20-9-12-39(13-10-20)14-11-35-45(42,43)23-6-3-21(4-7-23)30(32,33)34/h3-8,15,17,19-20,35-36H,9-14,16,18H2,1-2H3. The topological polar surface area (TPSA) is 122 Å². The molecule has 0 aliphatic carbocycles. The minimum atomic E-state index is -4.53. The van der Waals surface area contributed by atoms with Crippen LogP contribution in [0.3, 0.4) is 0 Å². The van der Waals surface area contributed by atoms with Crippen LogP contribution in [0.5, 0.6) is 0 Å². The zero-order valence-corrected chi connectivity index (χ0v) is 26.3. The van der Waals surface area contributed by atoms with Crippen molar-refractivity contribution in [2.45, 2.75) is 44.3 Å². The van der Waals surface area contributed by atoms with Gasteiger partial charge < -0.3 is 14.6 Å². The summed E-state index contributed by atoms with van der Waals surface area (Å²) >= 11 is 6.27. The van der Waals surface area contributed by atoms with E-state index in [1.165, 1.54) is 0 Å². The number of hydrogen-bond donors (Lipinski definition) is 2. The molecule has 0 amide bonds. The molecule has 2 aromatic heterocycles. The Bertz CT molecular complexity index is 1750. The van der Waals surface area contributed by atoms with Crippen LogP contribution in [0.25, 0.3) is 22.2 Å². The van der Waals surface area contributed by atoms with Gasteiger partial charge in [-0.25, -0.2) is 17.9 Å². The molecular weight excluding hydrogens is 633 g/mol. The summed E-state index contributed by atoms with van der Waals surface area (Å²) in [5.74, 6) is 0.0163. The SMILES string of the molecule is CC(C)COC(=O)c1[nH]c2ccc(Cl)cc2c1-c1cn(CC2CCN(CCNS(=O)(=O)c3ccc(C(F)(F)F)cc3)CC2)nn1. The highest BCUT2D eigenvalue weighted by Gasteiger charge is 2.31. The first-order valence-corrected chi connectivity index (χ1v) is 16.4. The fourth-order valence-electron chi connectivity index (χ4n) is 5.30. The van der Waals surface area contributed by atoms with E-state index in [1.807, 2.05) is 20.0 Å². The minimum Gasteiger partial charge on any atom is -0.461 e. The zero-order valence-electron chi connectivity index (χ0n) is 24.8. The van der Waals surface area contributed by atoms with Crippen LogP contribution in [0.15, 0.2) is 53.6 Å². The molecule has 0 saturated carbocycles. The van der Waals surface area contributed by atoms with E-state index >= 15 is 0 Å². The van der Waals surface area contributed by atoms with Crippen molar-refractivity contribution in [2.75, 3.05) is 32.8 Å². The van der Waals surface area contributed by atoms with Gasteiger partial charge in [0.05, 0.1) is 23.3 Å². The van der Waals surface area contributed by atoms with Crippen molar-refractivity contribution in [3.63, 3.8) is 0 Å². The lowest BCUT2D eigenvalue weighted by atomic mass is 9.97. The molecule has 3 heterocycles. The van der Waals surface area contributed by atoms with Crippen LogP contribution in [-0.2, 0) is 27.5 Å². The lowest BCUT2D eigenvalue weighted by molar-refractivity contribution is -0.137. The summed E-state index contributed by atoms with van der Waals surface area (Å²) in [4.78, 5) is 18.1. The van der Waals surface area contributed by atoms with E-state index in [-0.39, 0.29) is 24.0 Å². The Morgan fingerprint density at radius 2 is 1.87 bits per heavy atom. The van der Waals surface area contributed by atoms with E-state index < -0.39 is 27.7 Å². The Labute approximate surface area is 263 Å². The first kappa shape index (κ1) is 32.9. The van der Waals surface area contributed by atoms with Gasteiger partial charge in [-0.3, -0.25) is 4.68 Å². The Morgan fingerprint density at radius 3 is 2.53 bits per heavy atom. The van der Waals surface area contributed by atoms with E-state index in [0.717, 1.165) is 61.1 Å². The number of fused-ring (bicyclic) bond motifs is 1. The number of alkyl halides is 3. The third-order valence-electron chi connectivity index (χ3n) is 7.67. The fourth-order valence-corrected chi connectivity index (χ4v) is 6.49. The van der Waals surface area contributed by atoms with Gasteiger partial charge in [0.25, 0.3) is 0 Å². The van der Waals surface area contributed by atoms with E-state index in [0.29, 0.717) is 41.0 Å². The van der Waals surface area contributed by atoms with Gasteiger partial charge in [-0.15, -0.1) is 5.10 Å². The Kier molecular flexibility index (Phi) is 9.87. The third-order valence-corrected chi connectivity index (χ3v) is 9.38. The highest BCUT2D eigenvalue weighted by molar-refractivity contribution is 7.89. The number of halogens is 4. The number of nitrogens with one attached hydrogen (secondary N) is 2. The number of carbonyl (C=O) groups is 1. The second kappa shape index (κ2) is 13.5. The summed E-state index contributed by atoms with van der Waals surface area (Å²) < 4.78 is 73.1. The summed E-state index contributed by atoms with van der Waals surface area (Å²) in [7, 11) is -3.92. The molecule has 0 atom stereocenters. The molecule has 0 radical (unpaired) electrons. The van der Waals surface area contributed by atoms with Crippen LogP contribution < -0.4 is 4.72 Å². The van der Waals surface area contributed by atoms with Gasteiger partial charge in [0.15, 0.2) is 0 Å². The molecule has 1 saturated heterocycles. The van der Waals surface area contributed by atoms with Crippen LogP contribution in [0.1, 0.15) is 42.7 Å². The smallest absolute Gasteiger partial charge is 0.416 e. The number of sulfonamides is 1. The minimum absolute atomic E-state index is 0.136. The number of H-pyrrole nitrogens is 1. The monoisotopic (exact) mass is 666 g/mol. The number of nitrogens with zero attached hydrogens (tertiary/aromatic N) is 4. The molecule has 1 aliphatic heterocycles. The predicted octanol–water partition coefficient (Wildman–Crippen LogP) is 5.60. The Morgan fingerprint density at radius 1 is 1.16 bits per heavy atom. The van der Waals surface area contributed by atoms with Gasteiger partial charge in [-0.2, -0.15) is 13.2 Å². The van der Waals surface area contributed by atoms with E-state index in [4.69, 9.17) is 16.3 Å². The molecule has 0 unspecified atom stereocenters. The molecule has 2 N–H and O–H groups in total. The first-order valence-electron chi connectivity index (χ1n) is 14.6. The van der Waals surface area contributed by atoms with Crippen molar-refractivity contribution in [2.24, 2.45) is 11.8 Å². The highest BCUT2D eigenvalue weighted by atomic mass is 35.5. The average Bonchev–Trinajstić information content (AvgIpc) is 3.60. The van der Waals surface area contributed by atoms with Crippen molar-refractivity contribution in [1.82, 2.24) is 29.6 Å². The number of carbonyl (C=O) groups excluding carboxylic acids is 1. The van der Waals surface area contributed by atoms with Crippen LogP contribution in [0, 0.1) is 11.8 Å². The number of likely N-dealkylation sites (tertiary alicyclic amines) is 1. The number of aromatic amines is 1. The molecule has 1 fully saturated rings. The summed E-state index contributed by atoms with van der Waals surface area (Å²) in [5, 5.41) is 9.97. The van der Waals surface area contributed by atoms with Crippen molar-refractivity contribution in [3.8, 4) is 11.3 Å². The Hall–Kier alpha value is -3.46. The maximum Gasteiger partial charge on any atom is 0.416 e. The van der Waals surface area contributed by atoms with Crippen molar-refractivity contribution >= 4 is 38.5 Å². The zero-order chi connectivity index (χ0) is 32.4. The van der Waals surface area contributed by atoms with Gasteiger partial charge in [-0.05, 0) is 80.2 Å². The average molecular weight is 667 g/mol. The molecule has 5 rings (SSSR count). The molecular formula is C30H34ClF3N6O4S. The summed E-state index contributed by atoms with van der Waals surface area (Å²) in [6, 6.07) is 8.75. The number of benzene rings is 2. The van der Waals surface area contributed by atoms with Gasteiger partial charge >= 0.3 is 12.1 Å². The molecule has 45 heavy (non-hydrogen) atoms. The van der Waals surface area contributed by atoms with E-state index in [2.05, 4.69) is 24.9 Å². The maximum atomic E-state index is 13.0. The maximum absolute atomic E-state index is 13.0. The second-order valence-corrected chi connectivity index (χ2v) is 13.8. The van der Waals surface area contributed by atoms with Gasteiger partial charge in [-0.1, -0.05) is 30.7 Å². The molecule has 15 heteroatoms. The number of esters is 1. The molecule has 0 spiro atoms. The number of rotatable bonds is 11. The Balaban J connectivity index is 1.16. The summed E-state index contributed by atoms with van der Waals surface area (Å²) in [5.41, 5.74) is 1.23. The molecule has 4 aromatic rings. The van der Waals surface area contributed by atoms with Gasteiger partial charge in [0.1, 0.15) is 11.4 Å². The lowest BCUT2D eigenvalue weighted by Crippen LogP contribution is -2.40. The first-order chi connectivity index (χ1) is 21.3. The quantitative estimate of drug-likeness (QED) is 0.200. The van der Waals surface area contributed by atoms with Crippen LogP contribution in [0.2, 0.25) is 5.02 Å². The lowest BCUT2D eigenvalue weighted by Gasteiger charge is -2.31. The van der Waals surface area contributed by atoms with Crippen LogP contribution in [0.4, 0.5) is 13.2 Å². The third kappa shape index (κ3) is 8.04. The van der Waals surface area contributed by atoms with Crippen molar-refractivity contribution in [1.29, 1.82) is 0 Å².